The van der Waals surface area contributed by atoms with Crippen LogP contribution in [0.1, 0.15) is 42.7 Å². The van der Waals surface area contributed by atoms with Crippen LogP contribution in [0.4, 0.5) is 11.8 Å². The molecule has 0 unspecified atom stereocenters. The van der Waals surface area contributed by atoms with Gasteiger partial charge in [0.2, 0.25) is 5.95 Å². The maximum atomic E-state index is 6.15. The molecule has 5 rings (SSSR count). The first-order chi connectivity index (χ1) is 18.5. The highest BCUT2D eigenvalue weighted by molar-refractivity contribution is 6.30. The predicted octanol–water partition coefficient (Wildman–Crippen LogP) is 7.40. The van der Waals surface area contributed by atoms with Crippen molar-refractivity contribution < 1.29 is 0 Å². The van der Waals surface area contributed by atoms with Crippen LogP contribution in [-0.2, 0) is 0 Å². The van der Waals surface area contributed by atoms with Crippen LogP contribution in [0.2, 0.25) is 10.0 Å². The van der Waals surface area contributed by atoms with E-state index in [0.717, 1.165) is 58.6 Å². The first-order valence-electron chi connectivity index (χ1n) is 13.4. The van der Waals surface area contributed by atoms with Crippen LogP contribution in [0.25, 0.3) is 10.9 Å². The van der Waals surface area contributed by atoms with Crippen LogP contribution in [0.5, 0.6) is 0 Å². The third-order valence-electron chi connectivity index (χ3n) is 7.51. The predicted molar refractivity (Wildman–Crippen MR) is 161 cm³/mol. The van der Waals surface area contributed by atoms with E-state index in [4.69, 9.17) is 33.2 Å². The Morgan fingerprint density at radius 3 is 2.03 bits per heavy atom. The van der Waals surface area contributed by atoms with Crippen LogP contribution < -0.4 is 15.5 Å². The first kappa shape index (κ1) is 26.7. The van der Waals surface area contributed by atoms with Gasteiger partial charge < -0.3 is 15.5 Å². The van der Waals surface area contributed by atoms with Crippen molar-refractivity contribution in [3.05, 3.63) is 94.0 Å². The van der Waals surface area contributed by atoms with Crippen LogP contribution in [0.15, 0.2) is 72.8 Å². The Bertz CT molecular complexity index is 1290. The molecule has 5 nitrogen and oxygen atoms in total. The monoisotopic (exact) mass is 547 g/mol. The van der Waals surface area contributed by atoms with Crippen LogP contribution in [0.3, 0.4) is 0 Å². The van der Waals surface area contributed by atoms with Crippen LogP contribution in [-0.4, -0.2) is 43.2 Å². The Morgan fingerprint density at radius 1 is 0.816 bits per heavy atom. The van der Waals surface area contributed by atoms with Crippen molar-refractivity contribution >= 4 is 45.9 Å². The SMILES string of the molecule is CN(C)c1nc(N[C@H]2CC[C@@H](CNCC(c3ccc(Cl)cc3)c3ccc(Cl)cc3)CC2)nc2ccccc12. The van der Waals surface area contributed by atoms with Gasteiger partial charge in [0.25, 0.3) is 0 Å². The number of nitrogens with zero attached hydrogens (tertiary/aromatic N) is 3. The Hall–Kier alpha value is -2.86. The summed E-state index contributed by atoms with van der Waals surface area (Å²) in [6.45, 7) is 1.89. The molecule has 0 radical (unpaired) electrons. The number of halogens is 2. The molecule has 1 aliphatic rings. The molecular weight excluding hydrogens is 513 g/mol. The summed E-state index contributed by atoms with van der Waals surface area (Å²) in [5.74, 6) is 2.59. The number of para-hydroxylation sites is 1. The summed E-state index contributed by atoms with van der Waals surface area (Å²) in [7, 11) is 4.06. The lowest BCUT2D eigenvalue weighted by molar-refractivity contribution is 0.323. The fourth-order valence-electron chi connectivity index (χ4n) is 5.41. The molecule has 0 bridgehead atoms. The zero-order valence-electron chi connectivity index (χ0n) is 22.0. The summed E-state index contributed by atoms with van der Waals surface area (Å²) in [5, 5.41) is 9.99. The molecule has 198 valence electrons. The molecular formula is C31H35Cl2N5. The Kier molecular flexibility index (Phi) is 8.68. The molecule has 1 aromatic heterocycles. The number of benzene rings is 3. The number of nitrogens with one attached hydrogen (secondary N) is 2. The van der Waals surface area contributed by atoms with Crippen LogP contribution >= 0.6 is 23.2 Å². The van der Waals surface area contributed by atoms with E-state index in [9.17, 15) is 0 Å². The van der Waals surface area contributed by atoms with Crippen LogP contribution in [0, 0.1) is 5.92 Å². The van der Waals surface area contributed by atoms with Crippen molar-refractivity contribution in [3.63, 3.8) is 0 Å². The molecule has 0 atom stereocenters. The smallest absolute Gasteiger partial charge is 0.225 e. The minimum absolute atomic E-state index is 0.249. The highest BCUT2D eigenvalue weighted by atomic mass is 35.5. The Labute approximate surface area is 235 Å². The van der Waals surface area contributed by atoms with Crippen molar-refractivity contribution in [1.82, 2.24) is 15.3 Å². The van der Waals surface area contributed by atoms with Crippen molar-refractivity contribution in [2.24, 2.45) is 5.92 Å². The molecule has 1 fully saturated rings. The maximum absolute atomic E-state index is 6.15. The van der Waals surface area contributed by atoms with Gasteiger partial charge in [-0.15, -0.1) is 0 Å². The lowest BCUT2D eigenvalue weighted by Gasteiger charge is -2.30. The van der Waals surface area contributed by atoms with E-state index in [1.165, 1.54) is 24.0 Å². The minimum Gasteiger partial charge on any atom is -0.362 e. The van der Waals surface area contributed by atoms with Gasteiger partial charge in [0.05, 0.1) is 5.52 Å². The molecule has 0 spiro atoms. The normalized spacial score (nSPS) is 17.6. The molecule has 4 aromatic rings. The van der Waals surface area contributed by atoms with Gasteiger partial charge in [-0.1, -0.05) is 59.6 Å². The van der Waals surface area contributed by atoms with E-state index in [2.05, 4.69) is 51.9 Å². The van der Waals surface area contributed by atoms with Gasteiger partial charge in [0.1, 0.15) is 5.82 Å². The summed E-state index contributed by atoms with van der Waals surface area (Å²) in [4.78, 5) is 11.7. The number of aromatic nitrogens is 2. The van der Waals surface area contributed by atoms with E-state index < -0.39 is 0 Å². The molecule has 0 aliphatic heterocycles. The lowest BCUT2D eigenvalue weighted by atomic mass is 9.85. The zero-order valence-corrected chi connectivity index (χ0v) is 23.5. The highest BCUT2D eigenvalue weighted by Crippen LogP contribution is 2.30. The third-order valence-corrected chi connectivity index (χ3v) is 8.02. The molecule has 1 aliphatic carbocycles. The summed E-state index contributed by atoms with van der Waals surface area (Å²) < 4.78 is 0. The summed E-state index contributed by atoms with van der Waals surface area (Å²) in [6.07, 6.45) is 4.62. The van der Waals surface area contributed by atoms with E-state index in [0.29, 0.717) is 12.0 Å². The zero-order chi connectivity index (χ0) is 26.5. The van der Waals surface area contributed by atoms with Gasteiger partial charge in [-0.05, 0) is 85.7 Å². The fourth-order valence-corrected chi connectivity index (χ4v) is 5.66. The summed E-state index contributed by atoms with van der Waals surface area (Å²) in [6, 6.07) is 25.0. The molecule has 7 heteroatoms. The standard InChI is InChI=1S/C31H35Cl2N5/c1-38(2)30-27-5-3-4-6-29(27)36-31(37-30)35-26-17-7-21(8-18-26)19-34-20-28(22-9-13-24(32)14-10-22)23-11-15-25(33)16-12-23/h3-6,9-16,21,26,28,34H,7-8,17-20H2,1-2H3,(H,35,36,37)/t21-,26+. The number of fused-ring (bicyclic) bond motifs is 1. The molecule has 38 heavy (non-hydrogen) atoms. The number of rotatable bonds is 9. The van der Waals surface area contributed by atoms with E-state index in [1.807, 2.05) is 50.5 Å². The third kappa shape index (κ3) is 6.58. The van der Waals surface area contributed by atoms with Crippen molar-refractivity contribution in [3.8, 4) is 0 Å². The number of hydrogen-bond donors (Lipinski definition) is 2. The largest absolute Gasteiger partial charge is 0.362 e. The van der Waals surface area contributed by atoms with Crippen molar-refractivity contribution in [2.75, 3.05) is 37.4 Å². The van der Waals surface area contributed by atoms with E-state index in [1.54, 1.807) is 0 Å². The minimum atomic E-state index is 0.249. The van der Waals surface area contributed by atoms with Gasteiger partial charge >= 0.3 is 0 Å². The topological polar surface area (TPSA) is 53.1 Å². The first-order valence-corrected chi connectivity index (χ1v) is 14.1. The van der Waals surface area contributed by atoms with E-state index >= 15 is 0 Å². The highest BCUT2D eigenvalue weighted by Gasteiger charge is 2.23. The summed E-state index contributed by atoms with van der Waals surface area (Å²) >= 11 is 12.3. The number of anilines is 2. The van der Waals surface area contributed by atoms with Gasteiger partial charge in [-0.25, -0.2) is 4.98 Å². The molecule has 1 saturated carbocycles. The number of hydrogen-bond acceptors (Lipinski definition) is 5. The van der Waals surface area contributed by atoms with Crippen molar-refractivity contribution in [2.45, 2.75) is 37.6 Å². The fraction of sp³-hybridized carbons (Fsp3) is 0.355. The van der Waals surface area contributed by atoms with Gasteiger partial charge in [0, 0.05) is 48.0 Å². The second-order valence-electron chi connectivity index (χ2n) is 10.5. The van der Waals surface area contributed by atoms with Gasteiger partial charge in [-0.3, -0.25) is 0 Å². The molecule has 0 amide bonds. The van der Waals surface area contributed by atoms with Gasteiger partial charge in [-0.2, -0.15) is 4.98 Å². The second kappa shape index (κ2) is 12.3. The maximum Gasteiger partial charge on any atom is 0.225 e. The lowest BCUT2D eigenvalue weighted by Crippen LogP contribution is -2.33. The molecule has 1 heterocycles. The second-order valence-corrected chi connectivity index (χ2v) is 11.3. The average Bonchev–Trinajstić information content (AvgIpc) is 2.93. The van der Waals surface area contributed by atoms with Crippen molar-refractivity contribution in [1.29, 1.82) is 0 Å². The molecule has 2 N–H and O–H groups in total. The average molecular weight is 549 g/mol. The molecule has 0 saturated heterocycles. The molecule has 3 aromatic carbocycles. The quantitative estimate of drug-likeness (QED) is 0.228. The Morgan fingerprint density at radius 2 is 1.42 bits per heavy atom. The summed E-state index contributed by atoms with van der Waals surface area (Å²) in [5.41, 5.74) is 3.48. The van der Waals surface area contributed by atoms with Gasteiger partial charge in [0.15, 0.2) is 0 Å². The Balaban J connectivity index is 1.16. The van der Waals surface area contributed by atoms with E-state index in [-0.39, 0.29) is 5.92 Å².